The number of unbranched alkanes of at least 4 members (excludes halogenated alkanes) is 1. The highest BCUT2D eigenvalue weighted by atomic mass is 16.2. The second kappa shape index (κ2) is 7.09. The van der Waals surface area contributed by atoms with E-state index in [-0.39, 0.29) is 18.0 Å². The number of carbonyl (C=O) groups is 1. The summed E-state index contributed by atoms with van der Waals surface area (Å²) in [6.45, 7) is 5.39. The summed E-state index contributed by atoms with van der Waals surface area (Å²) in [6, 6.07) is 7.86. The molecule has 0 radical (unpaired) electrons. The van der Waals surface area contributed by atoms with E-state index in [4.69, 9.17) is 0 Å². The minimum absolute atomic E-state index is 0.0200. The molecular weight excluding hydrogens is 316 g/mol. The number of aromatic nitrogens is 3. The molecule has 2 heterocycles. The summed E-state index contributed by atoms with van der Waals surface area (Å²) in [5, 5.41) is 6.08. The second-order valence-corrected chi connectivity index (χ2v) is 6.27. The lowest BCUT2D eigenvalue weighted by Crippen LogP contribution is -2.38. The highest BCUT2D eigenvalue weighted by molar-refractivity contribution is 6.07. The van der Waals surface area contributed by atoms with Gasteiger partial charge in [0.15, 0.2) is 0 Å². The maximum atomic E-state index is 12.9. The molecule has 0 aliphatic rings. The van der Waals surface area contributed by atoms with Crippen LogP contribution in [-0.2, 0) is 18.4 Å². The molecule has 0 aliphatic heterocycles. The molecule has 0 spiro atoms. The lowest BCUT2D eigenvalue weighted by Gasteiger charge is -2.20. The molecular formula is C19H24N4O2. The number of amides is 1. The highest BCUT2D eigenvalue weighted by Crippen LogP contribution is 2.24. The SMILES string of the molecule is CCCCN(CC)C(=O)Cn1ncc2c3ccccc3n(C)c2c1=O. The first-order valence-corrected chi connectivity index (χ1v) is 8.79. The number of rotatable bonds is 6. The van der Waals surface area contributed by atoms with E-state index in [1.807, 2.05) is 42.8 Å². The molecule has 0 saturated heterocycles. The van der Waals surface area contributed by atoms with Gasteiger partial charge in [-0.1, -0.05) is 31.5 Å². The van der Waals surface area contributed by atoms with Gasteiger partial charge in [0.05, 0.1) is 6.20 Å². The molecule has 6 nitrogen and oxygen atoms in total. The summed E-state index contributed by atoms with van der Waals surface area (Å²) in [5.74, 6) is -0.0661. The third kappa shape index (κ3) is 3.04. The molecule has 0 bridgehead atoms. The topological polar surface area (TPSA) is 60.1 Å². The van der Waals surface area contributed by atoms with Crippen LogP contribution in [-0.4, -0.2) is 38.2 Å². The Hall–Kier alpha value is -2.63. The Morgan fingerprint density at radius 1 is 1.20 bits per heavy atom. The number of hydrogen-bond acceptors (Lipinski definition) is 3. The summed E-state index contributed by atoms with van der Waals surface area (Å²) in [7, 11) is 1.87. The molecule has 2 aromatic heterocycles. The van der Waals surface area contributed by atoms with Gasteiger partial charge in [0.2, 0.25) is 5.91 Å². The molecule has 25 heavy (non-hydrogen) atoms. The van der Waals surface area contributed by atoms with Crippen LogP contribution in [0.15, 0.2) is 35.3 Å². The van der Waals surface area contributed by atoms with E-state index < -0.39 is 0 Å². The maximum absolute atomic E-state index is 12.9. The number of likely N-dealkylation sites (N-methyl/N-ethyl adjacent to an activating group) is 1. The Morgan fingerprint density at radius 3 is 2.68 bits per heavy atom. The van der Waals surface area contributed by atoms with Crippen LogP contribution in [0.2, 0.25) is 0 Å². The molecule has 1 amide bonds. The smallest absolute Gasteiger partial charge is 0.291 e. The average molecular weight is 340 g/mol. The number of carbonyl (C=O) groups excluding carboxylic acids is 1. The van der Waals surface area contributed by atoms with Crippen molar-refractivity contribution < 1.29 is 4.79 Å². The number of benzene rings is 1. The summed E-state index contributed by atoms with van der Waals surface area (Å²) < 4.78 is 3.16. The number of hydrogen-bond donors (Lipinski definition) is 0. The van der Waals surface area contributed by atoms with E-state index in [0.717, 1.165) is 35.7 Å². The zero-order valence-corrected chi connectivity index (χ0v) is 15.0. The summed E-state index contributed by atoms with van der Waals surface area (Å²) in [6.07, 6.45) is 3.68. The highest BCUT2D eigenvalue weighted by Gasteiger charge is 2.17. The number of fused-ring (bicyclic) bond motifs is 3. The van der Waals surface area contributed by atoms with E-state index >= 15 is 0 Å². The van der Waals surface area contributed by atoms with Crippen molar-refractivity contribution >= 4 is 27.7 Å². The van der Waals surface area contributed by atoms with E-state index in [9.17, 15) is 9.59 Å². The number of nitrogens with zero attached hydrogens (tertiary/aromatic N) is 4. The number of para-hydroxylation sites is 1. The largest absolute Gasteiger partial charge is 0.341 e. The van der Waals surface area contributed by atoms with Crippen molar-refractivity contribution in [2.75, 3.05) is 13.1 Å². The fourth-order valence-electron chi connectivity index (χ4n) is 3.26. The predicted octanol–water partition coefficient (Wildman–Crippen LogP) is 2.54. The van der Waals surface area contributed by atoms with Crippen molar-refractivity contribution in [1.29, 1.82) is 0 Å². The van der Waals surface area contributed by atoms with Gasteiger partial charge in [-0.05, 0) is 19.4 Å². The van der Waals surface area contributed by atoms with E-state index in [1.54, 1.807) is 11.1 Å². The Kier molecular flexibility index (Phi) is 4.88. The predicted molar refractivity (Wildman–Crippen MR) is 99.6 cm³/mol. The molecule has 0 aliphatic carbocycles. The van der Waals surface area contributed by atoms with Crippen LogP contribution >= 0.6 is 0 Å². The van der Waals surface area contributed by atoms with Crippen LogP contribution < -0.4 is 5.56 Å². The van der Waals surface area contributed by atoms with Gasteiger partial charge in [-0.15, -0.1) is 0 Å². The van der Waals surface area contributed by atoms with Gasteiger partial charge in [0.1, 0.15) is 12.1 Å². The van der Waals surface area contributed by atoms with Crippen LogP contribution in [0, 0.1) is 0 Å². The van der Waals surface area contributed by atoms with Gasteiger partial charge in [-0.25, -0.2) is 4.68 Å². The normalized spacial score (nSPS) is 11.3. The van der Waals surface area contributed by atoms with Crippen molar-refractivity contribution in [3.63, 3.8) is 0 Å². The monoisotopic (exact) mass is 340 g/mol. The zero-order valence-electron chi connectivity index (χ0n) is 15.0. The molecule has 3 rings (SSSR count). The van der Waals surface area contributed by atoms with Gasteiger partial charge < -0.3 is 9.47 Å². The summed E-state index contributed by atoms with van der Waals surface area (Å²) in [5.41, 5.74) is 1.34. The first-order valence-electron chi connectivity index (χ1n) is 8.79. The summed E-state index contributed by atoms with van der Waals surface area (Å²) in [4.78, 5) is 27.2. The van der Waals surface area contributed by atoms with Gasteiger partial charge in [0.25, 0.3) is 5.56 Å². The molecule has 0 fully saturated rings. The quantitative estimate of drug-likeness (QED) is 0.693. The van der Waals surface area contributed by atoms with Crippen molar-refractivity contribution in [1.82, 2.24) is 19.2 Å². The summed E-state index contributed by atoms with van der Waals surface area (Å²) >= 11 is 0. The van der Waals surface area contributed by atoms with Crippen LogP contribution in [0.3, 0.4) is 0 Å². The molecule has 6 heteroatoms. The van der Waals surface area contributed by atoms with Crippen molar-refractivity contribution in [2.45, 2.75) is 33.2 Å². The van der Waals surface area contributed by atoms with Gasteiger partial charge in [-0.2, -0.15) is 5.10 Å². The van der Waals surface area contributed by atoms with Crippen LogP contribution in [0.5, 0.6) is 0 Å². The van der Waals surface area contributed by atoms with Crippen molar-refractivity contribution in [2.24, 2.45) is 7.05 Å². The Labute approximate surface area is 146 Å². The fourth-order valence-corrected chi connectivity index (χ4v) is 3.26. The maximum Gasteiger partial charge on any atom is 0.291 e. The van der Waals surface area contributed by atoms with Gasteiger partial charge in [0, 0.05) is 36.4 Å². The van der Waals surface area contributed by atoms with Crippen LogP contribution in [0.4, 0.5) is 0 Å². The average Bonchev–Trinajstić information content (AvgIpc) is 2.91. The first kappa shape index (κ1) is 17.2. The molecule has 0 N–H and O–H groups in total. The van der Waals surface area contributed by atoms with Gasteiger partial charge >= 0.3 is 0 Å². The van der Waals surface area contributed by atoms with Crippen molar-refractivity contribution in [3.8, 4) is 0 Å². The Balaban J connectivity index is 1.99. The lowest BCUT2D eigenvalue weighted by molar-refractivity contribution is -0.132. The van der Waals surface area contributed by atoms with E-state index in [2.05, 4.69) is 12.0 Å². The molecule has 3 aromatic rings. The standard InChI is InChI=1S/C19H24N4O2/c1-4-6-11-22(5-2)17(24)13-23-19(25)18-15(12-20-23)14-9-7-8-10-16(14)21(18)3/h7-10,12H,4-6,11,13H2,1-3H3. The fraction of sp³-hybridized carbons (Fsp3) is 0.421. The number of aryl methyl sites for hydroxylation is 1. The Bertz CT molecular complexity index is 971. The van der Waals surface area contributed by atoms with Gasteiger partial charge in [-0.3, -0.25) is 9.59 Å². The van der Waals surface area contributed by atoms with E-state index in [1.165, 1.54) is 4.68 Å². The minimum atomic E-state index is -0.226. The minimum Gasteiger partial charge on any atom is -0.341 e. The van der Waals surface area contributed by atoms with Crippen molar-refractivity contribution in [3.05, 3.63) is 40.8 Å². The van der Waals surface area contributed by atoms with E-state index in [0.29, 0.717) is 12.1 Å². The third-order valence-corrected chi connectivity index (χ3v) is 4.71. The van der Waals surface area contributed by atoms with Crippen LogP contribution in [0.1, 0.15) is 26.7 Å². The lowest BCUT2D eigenvalue weighted by atomic mass is 10.2. The first-order chi connectivity index (χ1) is 12.1. The third-order valence-electron chi connectivity index (χ3n) is 4.71. The molecule has 0 atom stereocenters. The molecule has 0 unspecified atom stereocenters. The Morgan fingerprint density at radius 2 is 1.96 bits per heavy atom. The second-order valence-electron chi connectivity index (χ2n) is 6.27. The molecule has 132 valence electrons. The molecule has 0 saturated carbocycles. The molecule has 1 aromatic carbocycles. The zero-order chi connectivity index (χ0) is 18.0. The van der Waals surface area contributed by atoms with Crippen LogP contribution in [0.25, 0.3) is 21.8 Å².